The Labute approximate surface area is 205 Å². The zero-order valence-electron chi connectivity index (χ0n) is 20.5. The second kappa shape index (κ2) is 14.2. The van der Waals surface area contributed by atoms with Gasteiger partial charge in [-0.1, -0.05) is 51.1 Å². The Morgan fingerprint density at radius 2 is 1.71 bits per heavy atom. The number of ether oxygens (including phenoxy) is 1. The van der Waals surface area contributed by atoms with Gasteiger partial charge in [0, 0.05) is 13.1 Å². The Morgan fingerprint density at radius 1 is 1.06 bits per heavy atom. The van der Waals surface area contributed by atoms with Gasteiger partial charge in [0.15, 0.2) is 0 Å². The lowest BCUT2D eigenvalue weighted by atomic mass is 10.0. The number of hydrogen-bond donors (Lipinski definition) is 3. The molecular weight excluding hydrogens is 452 g/mol. The number of nitrogens with one attached hydrogen (secondary N) is 1. The number of nitrogens with zero attached hydrogens (tertiary/aromatic N) is 1. The smallest absolute Gasteiger partial charge is 0.222 e. The first kappa shape index (κ1) is 28.0. The predicted molar refractivity (Wildman–Crippen MR) is 135 cm³/mol. The molecule has 0 aliphatic carbocycles. The molecule has 188 valence electrons. The summed E-state index contributed by atoms with van der Waals surface area (Å²) >= 11 is 0. The number of rotatable bonds is 14. The van der Waals surface area contributed by atoms with Gasteiger partial charge in [-0.25, -0.2) is 8.51 Å². The van der Waals surface area contributed by atoms with E-state index in [0.29, 0.717) is 30.0 Å². The molecule has 0 radical (unpaired) electrons. The molecule has 2 rings (SSSR count). The Bertz CT molecular complexity index is 892. The van der Waals surface area contributed by atoms with E-state index in [9.17, 15) is 19.2 Å². The van der Waals surface area contributed by atoms with E-state index >= 15 is 0 Å². The van der Waals surface area contributed by atoms with Gasteiger partial charge in [0.05, 0.1) is 36.7 Å². The summed E-state index contributed by atoms with van der Waals surface area (Å²) in [5, 5.41) is 24.0. The molecule has 0 aliphatic rings. The minimum Gasteiger partial charge on any atom is -0.497 e. The van der Waals surface area contributed by atoms with Crippen molar-refractivity contribution < 1.29 is 24.0 Å². The summed E-state index contributed by atoms with van der Waals surface area (Å²) in [5.41, 5.74) is 0.967. The molecule has 0 aromatic heterocycles. The third-order valence-corrected chi connectivity index (χ3v) is 6.90. The van der Waals surface area contributed by atoms with Gasteiger partial charge >= 0.3 is 0 Å². The van der Waals surface area contributed by atoms with Crippen LogP contribution in [0.1, 0.15) is 39.2 Å². The van der Waals surface area contributed by atoms with Crippen molar-refractivity contribution in [1.29, 1.82) is 0 Å². The maximum Gasteiger partial charge on any atom is 0.222 e. The molecule has 0 bridgehead atoms. The van der Waals surface area contributed by atoms with Crippen molar-refractivity contribution in [2.75, 3.05) is 20.2 Å². The van der Waals surface area contributed by atoms with Crippen LogP contribution >= 0.6 is 0 Å². The summed E-state index contributed by atoms with van der Waals surface area (Å²) in [7, 11) is 0.0837. The molecule has 0 saturated heterocycles. The van der Waals surface area contributed by atoms with Crippen molar-refractivity contribution in [2.45, 2.75) is 63.2 Å². The second-order valence-electron chi connectivity index (χ2n) is 8.86. The molecular formula is C26H38N2O5S. The number of benzene rings is 2. The first-order valence-electron chi connectivity index (χ1n) is 11.7. The summed E-state index contributed by atoms with van der Waals surface area (Å²) in [5.74, 6) is 0.577. The highest BCUT2D eigenvalue weighted by atomic mass is 32.2. The van der Waals surface area contributed by atoms with Crippen LogP contribution < -0.4 is 10.1 Å². The molecule has 0 fully saturated rings. The Kier molecular flexibility index (Phi) is 11.7. The third-order valence-electron chi connectivity index (χ3n) is 5.46. The van der Waals surface area contributed by atoms with E-state index in [-0.39, 0.29) is 24.8 Å². The third kappa shape index (κ3) is 9.18. The van der Waals surface area contributed by atoms with E-state index in [1.807, 2.05) is 51.1 Å². The van der Waals surface area contributed by atoms with Gasteiger partial charge in [-0.15, -0.1) is 0 Å². The summed E-state index contributed by atoms with van der Waals surface area (Å²) in [6.07, 6.45) is -0.830. The number of amides is 1. The summed E-state index contributed by atoms with van der Waals surface area (Å²) in [6, 6.07) is 16.0. The van der Waals surface area contributed by atoms with Crippen LogP contribution in [0.5, 0.6) is 5.75 Å². The average molecular weight is 491 g/mol. The fourth-order valence-corrected chi connectivity index (χ4v) is 4.96. The minimum atomic E-state index is -1.49. The van der Waals surface area contributed by atoms with Crippen LogP contribution in [0, 0.1) is 5.92 Å². The highest BCUT2D eigenvalue weighted by Crippen LogP contribution is 2.19. The van der Waals surface area contributed by atoms with E-state index in [2.05, 4.69) is 5.32 Å². The van der Waals surface area contributed by atoms with E-state index in [4.69, 9.17) is 4.74 Å². The maximum atomic E-state index is 13.4. The Hall–Kier alpha value is -2.26. The van der Waals surface area contributed by atoms with Crippen LogP contribution in [-0.4, -0.2) is 63.1 Å². The average Bonchev–Trinajstić information content (AvgIpc) is 2.83. The normalized spacial score (nSPS) is 15.1. The van der Waals surface area contributed by atoms with Gasteiger partial charge in [-0.3, -0.25) is 4.79 Å². The Balaban J connectivity index is 2.21. The zero-order chi connectivity index (χ0) is 25.1. The molecule has 2 aromatic rings. The molecule has 4 unspecified atom stereocenters. The molecule has 2 aromatic carbocycles. The zero-order valence-corrected chi connectivity index (χ0v) is 21.3. The molecule has 0 saturated carbocycles. The molecule has 0 heterocycles. The fourth-order valence-electron chi connectivity index (χ4n) is 3.57. The standard InChI is InChI=1S/C26H38N2O5S/c1-5-21(29)16-26(31)27-24(15-20-9-7-6-8-10-20)25(30)18-28(17-19(2)3)34(32)23-13-11-22(33-4)12-14-23/h6-14,19,21,24-25,29-30H,5,15-18H2,1-4H3,(H,27,31). The summed E-state index contributed by atoms with van der Waals surface area (Å²) in [4.78, 5) is 13.1. The minimum absolute atomic E-state index is 0.0258. The maximum absolute atomic E-state index is 13.4. The predicted octanol–water partition coefficient (Wildman–Crippen LogP) is 2.93. The van der Waals surface area contributed by atoms with E-state index < -0.39 is 29.2 Å². The van der Waals surface area contributed by atoms with Crippen molar-refractivity contribution in [1.82, 2.24) is 9.62 Å². The van der Waals surface area contributed by atoms with Gasteiger partial charge in [0.2, 0.25) is 5.91 Å². The molecule has 34 heavy (non-hydrogen) atoms. The molecule has 4 atom stereocenters. The lowest BCUT2D eigenvalue weighted by Gasteiger charge is -2.30. The summed E-state index contributed by atoms with van der Waals surface area (Å²) < 4.78 is 20.3. The monoisotopic (exact) mass is 490 g/mol. The van der Waals surface area contributed by atoms with Gasteiger partial charge in [0.1, 0.15) is 16.7 Å². The molecule has 0 aliphatic heterocycles. The SMILES string of the molecule is CCC(O)CC(=O)NC(Cc1ccccc1)C(O)CN(CC(C)C)S(=O)c1ccc(OC)cc1. The number of methoxy groups -OCH3 is 1. The molecule has 0 spiro atoms. The lowest BCUT2D eigenvalue weighted by Crippen LogP contribution is -2.50. The van der Waals surface area contributed by atoms with Gasteiger partial charge in [0.25, 0.3) is 0 Å². The summed E-state index contributed by atoms with van der Waals surface area (Å²) in [6.45, 7) is 6.49. The number of carbonyl (C=O) groups excluding carboxylic acids is 1. The van der Waals surface area contributed by atoms with Gasteiger partial charge in [-0.05, 0) is 48.6 Å². The van der Waals surface area contributed by atoms with Crippen molar-refractivity contribution in [2.24, 2.45) is 5.92 Å². The van der Waals surface area contributed by atoms with Crippen LogP contribution in [0.25, 0.3) is 0 Å². The van der Waals surface area contributed by atoms with Crippen molar-refractivity contribution in [3.63, 3.8) is 0 Å². The highest BCUT2D eigenvalue weighted by molar-refractivity contribution is 7.82. The molecule has 7 nitrogen and oxygen atoms in total. The largest absolute Gasteiger partial charge is 0.497 e. The van der Waals surface area contributed by atoms with E-state index in [0.717, 1.165) is 5.56 Å². The Morgan fingerprint density at radius 3 is 2.26 bits per heavy atom. The quantitative estimate of drug-likeness (QED) is 0.378. The van der Waals surface area contributed by atoms with Crippen LogP contribution in [0.3, 0.4) is 0 Å². The van der Waals surface area contributed by atoms with Crippen LogP contribution in [0.4, 0.5) is 0 Å². The lowest BCUT2D eigenvalue weighted by molar-refractivity contribution is -0.124. The number of aliphatic hydroxyl groups is 2. The number of aliphatic hydroxyl groups excluding tert-OH is 2. The first-order valence-corrected chi connectivity index (χ1v) is 12.8. The number of carbonyl (C=O) groups is 1. The van der Waals surface area contributed by atoms with Gasteiger partial charge < -0.3 is 20.3 Å². The van der Waals surface area contributed by atoms with Gasteiger partial charge in [-0.2, -0.15) is 0 Å². The van der Waals surface area contributed by atoms with E-state index in [1.54, 1.807) is 35.7 Å². The van der Waals surface area contributed by atoms with E-state index in [1.165, 1.54) is 0 Å². The molecule has 1 amide bonds. The van der Waals surface area contributed by atoms with Crippen molar-refractivity contribution >= 4 is 16.9 Å². The molecule has 3 N–H and O–H groups in total. The van der Waals surface area contributed by atoms with Crippen molar-refractivity contribution in [3.8, 4) is 5.75 Å². The number of hydrogen-bond acceptors (Lipinski definition) is 5. The second-order valence-corrected chi connectivity index (χ2v) is 10.3. The van der Waals surface area contributed by atoms with Crippen molar-refractivity contribution in [3.05, 3.63) is 60.2 Å². The highest BCUT2D eigenvalue weighted by Gasteiger charge is 2.27. The van der Waals surface area contributed by atoms with Crippen LogP contribution in [0.2, 0.25) is 0 Å². The van der Waals surface area contributed by atoms with Crippen LogP contribution in [0.15, 0.2) is 59.5 Å². The van der Waals surface area contributed by atoms with Crippen LogP contribution in [-0.2, 0) is 22.2 Å². The fraction of sp³-hybridized carbons (Fsp3) is 0.500. The topological polar surface area (TPSA) is 99.1 Å². The first-order chi connectivity index (χ1) is 16.2. The molecule has 8 heteroatoms.